The van der Waals surface area contributed by atoms with Gasteiger partial charge in [-0.25, -0.2) is 23.0 Å². The molecule has 2 heterocycles. The number of nitrogens with zero attached hydrogens (tertiary/aromatic N) is 2. The van der Waals surface area contributed by atoms with Crippen molar-refractivity contribution < 1.29 is 41.0 Å². The summed E-state index contributed by atoms with van der Waals surface area (Å²) in [6.45, 7) is 2.82. The van der Waals surface area contributed by atoms with E-state index in [1.165, 1.54) is 54.2 Å². The number of allylic oxidation sites excluding steroid dienone is 1. The third-order valence-corrected chi connectivity index (χ3v) is 7.73. The van der Waals surface area contributed by atoms with E-state index in [9.17, 15) is 31.5 Å². The minimum atomic E-state index is -1.69. The van der Waals surface area contributed by atoms with Gasteiger partial charge in [0.05, 0.1) is 35.6 Å². The molecule has 0 aliphatic carbocycles. The number of halogens is 5. The molecule has 0 amide bonds. The highest BCUT2D eigenvalue weighted by atomic mass is 32.1. The molecule has 0 saturated heterocycles. The molecule has 3 aromatic carbocycles. The molecule has 1 aliphatic rings. The van der Waals surface area contributed by atoms with Gasteiger partial charge in [0.15, 0.2) is 22.2 Å². The van der Waals surface area contributed by atoms with Crippen LogP contribution in [0.5, 0.6) is 11.5 Å². The van der Waals surface area contributed by atoms with E-state index in [0.29, 0.717) is 16.8 Å². The summed E-state index contributed by atoms with van der Waals surface area (Å²) in [7, 11) is 1.35. The number of rotatable bonds is 8. The van der Waals surface area contributed by atoms with Crippen molar-refractivity contribution in [3.8, 4) is 11.5 Å². The van der Waals surface area contributed by atoms with Crippen molar-refractivity contribution in [3.05, 3.63) is 125 Å². The molecule has 13 heteroatoms. The molecular formula is C31H23F5N2O5S. The third kappa shape index (κ3) is 5.74. The Hall–Kier alpha value is -4.78. The Morgan fingerprint density at radius 1 is 1.02 bits per heavy atom. The summed E-state index contributed by atoms with van der Waals surface area (Å²) in [6, 6.07) is 9.16. The van der Waals surface area contributed by atoms with E-state index in [1.807, 2.05) is 0 Å². The van der Waals surface area contributed by atoms with Gasteiger partial charge in [-0.1, -0.05) is 29.5 Å². The minimum Gasteiger partial charge on any atom is -0.496 e. The first-order valence-electron chi connectivity index (χ1n) is 13.1. The number of hydrogen-bond acceptors (Lipinski definition) is 7. The molecule has 44 heavy (non-hydrogen) atoms. The summed E-state index contributed by atoms with van der Waals surface area (Å²) < 4.78 is 86.5. The molecule has 0 saturated carbocycles. The van der Waals surface area contributed by atoms with Crippen LogP contribution >= 0.6 is 11.3 Å². The van der Waals surface area contributed by atoms with Gasteiger partial charge in [-0.3, -0.25) is 9.36 Å². The van der Waals surface area contributed by atoms with E-state index in [0.717, 1.165) is 11.3 Å². The molecule has 0 bridgehead atoms. The molecule has 1 aromatic heterocycles. The number of carbonyl (C=O) groups is 1. The van der Waals surface area contributed by atoms with Crippen molar-refractivity contribution in [3.63, 3.8) is 0 Å². The van der Waals surface area contributed by atoms with Crippen LogP contribution in [0.15, 0.2) is 69.6 Å². The van der Waals surface area contributed by atoms with E-state index in [1.54, 1.807) is 19.9 Å². The molecule has 0 spiro atoms. The molecule has 0 fully saturated rings. The molecule has 7 nitrogen and oxygen atoms in total. The fourth-order valence-corrected chi connectivity index (χ4v) is 5.78. The maximum atomic E-state index is 14.1. The van der Waals surface area contributed by atoms with E-state index in [2.05, 4.69) is 4.99 Å². The van der Waals surface area contributed by atoms with Crippen LogP contribution in [0.25, 0.3) is 6.08 Å². The second-order valence-corrected chi connectivity index (χ2v) is 10.5. The Morgan fingerprint density at radius 3 is 2.34 bits per heavy atom. The Morgan fingerprint density at radius 2 is 1.70 bits per heavy atom. The van der Waals surface area contributed by atoms with Crippen molar-refractivity contribution in [2.45, 2.75) is 26.5 Å². The van der Waals surface area contributed by atoms with Gasteiger partial charge < -0.3 is 14.2 Å². The van der Waals surface area contributed by atoms with E-state index < -0.39 is 59.0 Å². The predicted molar refractivity (Wildman–Crippen MR) is 150 cm³/mol. The van der Waals surface area contributed by atoms with Crippen LogP contribution < -0.4 is 24.4 Å². The van der Waals surface area contributed by atoms with Crippen molar-refractivity contribution in [2.24, 2.45) is 4.99 Å². The standard InChI is InChI=1S/C31H23F5N2O5S/c1-4-42-30(40)24-15(2)37-31-38(27(24)17-6-8-19(32)9-7-17)29(39)23(44-31)12-16-5-10-22(41-3)18(11-16)14-43-28-25(35)20(33)13-21(34)26(28)36/h5-13,27H,4,14H2,1-3H3/b23-12-/t27-/m1/s1. The van der Waals surface area contributed by atoms with Crippen LogP contribution in [0.3, 0.4) is 0 Å². The number of fused-ring (bicyclic) bond motifs is 1. The molecule has 0 N–H and O–H groups in total. The number of thiazole rings is 1. The first-order chi connectivity index (χ1) is 21.0. The smallest absolute Gasteiger partial charge is 0.338 e. The molecule has 0 unspecified atom stereocenters. The average Bonchev–Trinajstić information content (AvgIpc) is 3.29. The van der Waals surface area contributed by atoms with Crippen LogP contribution in [0.2, 0.25) is 0 Å². The summed E-state index contributed by atoms with van der Waals surface area (Å²) in [5.41, 5.74) is 1.14. The molecule has 1 aliphatic heterocycles. The molecule has 228 valence electrons. The van der Waals surface area contributed by atoms with Crippen molar-refractivity contribution in [1.29, 1.82) is 0 Å². The van der Waals surface area contributed by atoms with Crippen molar-refractivity contribution in [1.82, 2.24) is 4.57 Å². The van der Waals surface area contributed by atoms with Gasteiger partial charge >= 0.3 is 5.97 Å². The number of carbonyl (C=O) groups excluding carboxylic acids is 1. The second-order valence-electron chi connectivity index (χ2n) is 9.51. The average molecular weight is 631 g/mol. The molecule has 4 aromatic rings. The quantitative estimate of drug-likeness (QED) is 0.154. The lowest BCUT2D eigenvalue weighted by atomic mass is 9.96. The summed E-state index contributed by atoms with van der Waals surface area (Å²) in [5, 5.41) is 0. The Labute approximate surface area is 250 Å². The number of ether oxygens (including phenoxy) is 3. The lowest BCUT2D eigenvalue weighted by Gasteiger charge is -2.24. The first-order valence-corrected chi connectivity index (χ1v) is 13.9. The maximum absolute atomic E-state index is 14.1. The van der Waals surface area contributed by atoms with Crippen LogP contribution in [-0.4, -0.2) is 24.3 Å². The fourth-order valence-electron chi connectivity index (χ4n) is 4.73. The third-order valence-electron chi connectivity index (χ3n) is 6.75. The zero-order valence-electron chi connectivity index (χ0n) is 23.4. The number of methoxy groups -OCH3 is 1. The van der Waals surface area contributed by atoms with Crippen molar-refractivity contribution >= 4 is 23.4 Å². The number of benzene rings is 3. The number of hydrogen-bond donors (Lipinski definition) is 0. The second kappa shape index (κ2) is 12.4. The van der Waals surface area contributed by atoms with Gasteiger partial charge in [-0.05, 0) is 55.3 Å². The van der Waals surface area contributed by atoms with Crippen LogP contribution in [0.1, 0.15) is 36.6 Å². The number of aromatic nitrogens is 1. The molecular weight excluding hydrogens is 607 g/mol. The lowest BCUT2D eigenvalue weighted by Crippen LogP contribution is -2.39. The molecule has 5 rings (SSSR count). The largest absolute Gasteiger partial charge is 0.496 e. The maximum Gasteiger partial charge on any atom is 0.338 e. The van der Waals surface area contributed by atoms with Gasteiger partial charge in [0.25, 0.3) is 5.56 Å². The molecule has 0 radical (unpaired) electrons. The highest BCUT2D eigenvalue weighted by Crippen LogP contribution is 2.31. The minimum absolute atomic E-state index is 0.0759. The van der Waals surface area contributed by atoms with E-state index in [4.69, 9.17) is 14.2 Å². The van der Waals surface area contributed by atoms with E-state index >= 15 is 0 Å². The zero-order valence-corrected chi connectivity index (χ0v) is 24.2. The van der Waals surface area contributed by atoms with Gasteiger partial charge in [-0.2, -0.15) is 8.78 Å². The Bertz CT molecular complexity index is 1960. The highest BCUT2D eigenvalue weighted by molar-refractivity contribution is 7.07. The van der Waals surface area contributed by atoms with Gasteiger partial charge in [0.2, 0.25) is 11.6 Å². The van der Waals surface area contributed by atoms with Crippen molar-refractivity contribution in [2.75, 3.05) is 13.7 Å². The zero-order chi connectivity index (χ0) is 31.7. The fraction of sp³-hybridized carbons (Fsp3) is 0.194. The predicted octanol–water partition coefficient (Wildman–Crippen LogP) is 5.08. The summed E-state index contributed by atoms with van der Waals surface area (Å²) >= 11 is 1.05. The summed E-state index contributed by atoms with van der Waals surface area (Å²) in [4.78, 5) is 31.5. The summed E-state index contributed by atoms with van der Waals surface area (Å²) in [6.07, 6.45) is 1.53. The Kier molecular flexibility index (Phi) is 8.68. The number of esters is 1. The Balaban J connectivity index is 1.58. The van der Waals surface area contributed by atoms with Gasteiger partial charge in [0, 0.05) is 11.6 Å². The normalized spacial score (nSPS) is 14.7. The summed E-state index contributed by atoms with van der Waals surface area (Å²) in [5.74, 6) is -8.74. The van der Waals surface area contributed by atoms with Crippen LogP contribution in [0.4, 0.5) is 22.0 Å². The monoisotopic (exact) mass is 630 g/mol. The lowest BCUT2D eigenvalue weighted by molar-refractivity contribution is -0.139. The van der Waals surface area contributed by atoms with Crippen LogP contribution in [-0.2, 0) is 16.1 Å². The highest BCUT2D eigenvalue weighted by Gasteiger charge is 2.33. The van der Waals surface area contributed by atoms with Crippen LogP contribution in [0, 0.1) is 29.1 Å². The van der Waals surface area contributed by atoms with Gasteiger partial charge in [0.1, 0.15) is 18.2 Å². The van der Waals surface area contributed by atoms with Gasteiger partial charge in [-0.15, -0.1) is 0 Å². The first kappa shape index (κ1) is 30.7. The topological polar surface area (TPSA) is 79.1 Å². The molecule has 1 atom stereocenters. The SMILES string of the molecule is CCOC(=O)C1=C(C)N=c2s/c(=C\c3ccc(OC)c(COc4c(F)c(F)cc(F)c4F)c3)c(=O)n2[C@@H]1c1ccc(F)cc1. The van der Waals surface area contributed by atoms with E-state index in [-0.39, 0.29) is 38.9 Å².